The Hall–Kier alpha value is -9.79. The number of aromatic nitrogens is 4. The number of aliphatic hydroxyl groups excluding tert-OH is 4. The Morgan fingerprint density at radius 1 is 0.295 bits per heavy atom. The van der Waals surface area contributed by atoms with E-state index >= 15 is 0 Å². The third-order valence-corrected chi connectivity index (χ3v) is 29.5. The van der Waals surface area contributed by atoms with E-state index in [9.17, 15) is 98.3 Å². The zero-order chi connectivity index (χ0) is 112. The fraction of sp³-hybridized carbons (Fsp3) is 0.593. The van der Waals surface area contributed by atoms with E-state index in [4.69, 9.17) is 0 Å². The van der Waals surface area contributed by atoms with Gasteiger partial charge >= 0.3 is 18.5 Å². The number of likely N-dealkylation sites (tertiary alicyclic amines) is 4. The summed E-state index contributed by atoms with van der Waals surface area (Å²) >= 11 is 5.78. The first-order valence-electron chi connectivity index (χ1n) is 49.8. The quantitative estimate of drug-likeness (QED) is 0.0250. The van der Waals surface area contributed by atoms with Crippen LogP contribution in [0, 0.1) is 49.4 Å². The third-order valence-electron chi connectivity index (χ3n) is 25.6. The van der Waals surface area contributed by atoms with Crippen LogP contribution in [0.3, 0.4) is 0 Å². The van der Waals surface area contributed by atoms with Crippen LogP contribution in [0.25, 0.3) is 41.8 Å². The van der Waals surface area contributed by atoms with Crippen LogP contribution in [0.15, 0.2) is 119 Å². The van der Waals surface area contributed by atoms with Crippen molar-refractivity contribution in [3.63, 3.8) is 0 Å². The van der Waals surface area contributed by atoms with Gasteiger partial charge in [0.2, 0.25) is 47.3 Å². The lowest BCUT2D eigenvalue weighted by Crippen LogP contribution is -2.60. The second-order valence-corrected chi connectivity index (χ2v) is 51.0. The van der Waals surface area contributed by atoms with Crippen molar-refractivity contribution < 1.29 is 98.3 Å². The molecule has 0 spiro atoms. The van der Waals surface area contributed by atoms with Gasteiger partial charge in [-0.05, 0) is 184 Å². The van der Waals surface area contributed by atoms with Crippen LogP contribution >= 0.6 is 45.3 Å². The lowest BCUT2D eigenvalue weighted by atomic mass is 9.84. The lowest BCUT2D eigenvalue weighted by Gasteiger charge is -2.39. The van der Waals surface area contributed by atoms with E-state index in [1.807, 2.05) is 231 Å². The van der Waals surface area contributed by atoms with Crippen LogP contribution in [0.2, 0.25) is 0 Å². The second-order valence-electron chi connectivity index (χ2n) is 47.6. The highest BCUT2D eigenvalue weighted by Gasteiger charge is 2.54. The van der Waals surface area contributed by atoms with E-state index in [1.54, 1.807) is 69.2 Å². The molecule has 4 saturated heterocycles. The molecule has 16 atom stereocenters. The fourth-order valence-corrected chi connectivity index (χ4v) is 21.4. The summed E-state index contributed by atoms with van der Waals surface area (Å²) in [5.41, 5.74) is 10.5. The first-order chi connectivity index (χ1) is 68.3. The number of rotatable bonds is 24. The molecule has 8 heterocycles. The van der Waals surface area contributed by atoms with E-state index in [2.05, 4.69) is 62.5 Å². The number of β-amino-alcohol motifs (C(OH)–C–C–N with tert-alkyl or cyclic N) is 4. The molecule has 4 aliphatic heterocycles. The first-order valence-corrected chi connectivity index (χ1v) is 53.3. The van der Waals surface area contributed by atoms with Crippen LogP contribution in [0.4, 0.5) is 39.5 Å². The highest BCUT2D eigenvalue weighted by atomic mass is 32.1. The maximum Gasteiger partial charge on any atom is 0.412 e. The summed E-state index contributed by atoms with van der Waals surface area (Å²) in [6.45, 7) is 55.2. The van der Waals surface area contributed by atoms with Gasteiger partial charge in [0, 0.05) is 74.0 Å². The molecule has 12 rings (SSSR count). The number of thiazole rings is 4. The summed E-state index contributed by atoms with van der Waals surface area (Å²) in [6, 6.07) is 11.5. The van der Waals surface area contributed by atoms with Gasteiger partial charge in [-0.1, -0.05) is 180 Å². The van der Waals surface area contributed by atoms with Gasteiger partial charge in [0.1, 0.15) is 24.2 Å². The number of benzene rings is 4. The smallest absolute Gasteiger partial charge is 0.391 e. The number of nitrogens with zero attached hydrogens (tertiary/aromatic N) is 8. The Kier molecular flexibility index (Phi) is 39.7. The van der Waals surface area contributed by atoms with Gasteiger partial charge in [-0.3, -0.25) is 38.4 Å². The molecule has 12 N–H and O–H groups in total. The van der Waals surface area contributed by atoms with E-state index in [0.29, 0.717) is 0 Å². The molecule has 0 bridgehead atoms. The molecule has 8 aromatic rings. The molecule has 0 radical (unpaired) electrons. The molecule has 149 heavy (non-hydrogen) atoms. The number of carbonyl (C=O) groups is 8. The number of alkyl halides is 9. The number of amides is 8. The Morgan fingerprint density at radius 3 is 0.624 bits per heavy atom. The maximum atomic E-state index is 14.1. The topological polar surface area (TPSA) is 378 Å². The predicted molar refractivity (Wildman–Crippen MR) is 566 cm³/mol. The molecule has 0 saturated carbocycles. The van der Waals surface area contributed by atoms with Crippen molar-refractivity contribution in [2.24, 2.45) is 21.7 Å². The second kappa shape index (κ2) is 48.3. The molecular formula is C108H151F9N16O12S4. The standard InChI is InChI=1S/3C27H37F3N4O3S.C27H40N4O3S/c3*1-15-20(38-14-31-15)16-8-10-17(11-9-16)21(27(28,29)30)32-23(36)19-12-18(35)13-34(19)24(37)22(25(2,3)4)33-26(5,6)7;1-16(18-9-11-19(12-10-18)22-17(2)28-15-35-22)29-24(33)21-13-20(32)14-31(21)25(34)23(26(3,4)5)30-27(6,7)8/h3*8-11,14,18-19,21-22,33,35H,12-13H2,1-7H3,(H,32,36);9-12,15-16,20-21,23,30,32H,13-14H2,1-8H3,(H,29,33)/t18?,19-,21?,22?;2*18-,19+,21?,22-;16-,20-,21+,23+/m1001/s1. The van der Waals surface area contributed by atoms with Gasteiger partial charge in [0.25, 0.3) is 0 Å². The molecule has 822 valence electrons. The molecule has 4 fully saturated rings. The zero-order valence-corrected chi connectivity index (χ0v) is 93.9. The highest BCUT2D eigenvalue weighted by Crippen LogP contribution is 2.43. The molecule has 4 aliphatic rings. The van der Waals surface area contributed by atoms with Gasteiger partial charge < -0.3 is 82.6 Å². The van der Waals surface area contributed by atoms with Gasteiger partial charge in [-0.15, -0.1) is 45.3 Å². The number of aryl methyl sites for hydroxylation is 4. The molecule has 4 aromatic carbocycles. The summed E-state index contributed by atoms with van der Waals surface area (Å²) in [7, 11) is 0. The van der Waals surface area contributed by atoms with E-state index in [0.717, 1.165) is 70.1 Å². The third kappa shape index (κ3) is 33.6. The normalized spacial score (nSPS) is 20.4. The summed E-state index contributed by atoms with van der Waals surface area (Å²) in [5, 5.41) is 64.0. The molecular weight excluding hydrogens is 2010 g/mol. The number of hydrogen-bond acceptors (Lipinski definition) is 24. The van der Waals surface area contributed by atoms with Crippen LogP contribution in [0.1, 0.15) is 268 Å². The van der Waals surface area contributed by atoms with Crippen molar-refractivity contribution in [1.82, 2.24) is 82.1 Å². The molecule has 4 aromatic heterocycles. The highest BCUT2D eigenvalue weighted by molar-refractivity contribution is 7.14. The predicted octanol–water partition coefficient (Wildman–Crippen LogP) is 17.9. The van der Waals surface area contributed by atoms with Crippen molar-refractivity contribution in [2.75, 3.05) is 26.2 Å². The number of halogens is 9. The van der Waals surface area contributed by atoms with Gasteiger partial charge in [0.05, 0.1) is 119 Å². The largest absolute Gasteiger partial charge is 0.412 e. The van der Waals surface area contributed by atoms with Crippen molar-refractivity contribution >= 4 is 92.6 Å². The monoisotopic (exact) mass is 2160 g/mol. The maximum absolute atomic E-state index is 14.1. The molecule has 41 heteroatoms. The summed E-state index contributed by atoms with van der Waals surface area (Å²) in [5.74, 6) is -4.56. The van der Waals surface area contributed by atoms with Crippen LogP contribution in [-0.4, -0.2) is 247 Å². The Morgan fingerprint density at radius 2 is 0.470 bits per heavy atom. The molecule has 5 unspecified atom stereocenters. The summed E-state index contributed by atoms with van der Waals surface area (Å²) < 4.78 is 127. The van der Waals surface area contributed by atoms with Crippen LogP contribution in [0.5, 0.6) is 0 Å². The Balaban J connectivity index is 0.000000221. The van der Waals surface area contributed by atoms with Crippen LogP contribution < -0.4 is 42.5 Å². The Labute approximate surface area is 885 Å². The minimum absolute atomic E-state index is 0.129. The van der Waals surface area contributed by atoms with E-state index < -0.39 is 178 Å². The number of hydrogen-bond donors (Lipinski definition) is 12. The minimum Gasteiger partial charge on any atom is -0.391 e. The molecule has 0 aliphatic carbocycles. The number of carbonyl (C=O) groups excluding carboxylic acids is 8. The lowest BCUT2D eigenvalue weighted by molar-refractivity contribution is -0.165. The van der Waals surface area contributed by atoms with Crippen molar-refractivity contribution in [3.05, 3.63) is 164 Å². The van der Waals surface area contributed by atoms with Gasteiger partial charge in [0.15, 0.2) is 18.1 Å². The van der Waals surface area contributed by atoms with Crippen molar-refractivity contribution in [1.29, 1.82) is 0 Å². The number of aliphatic hydroxyl groups is 4. The van der Waals surface area contributed by atoms with Crippen molar-refractivity contribution in [3.8, 4) is 41.8 Å². The SMILES string of the molecule is Cc1ncsc1-c1ccc(C(NC(=O)[C@H]2CC(O)CN2C(=O)C(NC(C)(C)C)C(C)(C)C)C(F)(F)F)cc1.Cc1ncsc1-c1ccc(C(NC(=O)[C@H]2C[C@H](O)CN2C(=O)[C@H](NC(C)(C)C)C(C)(C)C)C(F)(F)F)cc1.Cc1ncsc1-c1ccc(C(NC(=O)[C@H]2C[C@H](O)CN2C(=O)[C@H](NC(C)(C)C)C(C)(C)C)C(F)(F)F)cc1.Cc1ncsc1-c1ccc([C@@H](C)NC(=O)[C@@H]2C[C@@H](O)CN2C(=O)[C@H](NC(C)(C)C)C(C)(C)C)cc1. The van der Waals surface area contributed by atoms with E-state index in [1.165, 1.54) is 85.1 Å². The average Bonchev–Trinajstić information content (AvgIpc) is 1.67. The molecule has 8 amide bonds. The Bertz CT molecular complexity index is 5430. The van der Waals surface area contributed by atoms with Gasteiger partial charge in [-0.2, -0.15) is 39.5 Å². The zero-order valence-electron chi connectivity index (χ0n) is 90.6. The van der Waals surface area contributed by atoms with Crippen molar-refractivity contribution in [2.45, 2.75) is 364 Å². The van der Waals surface area contributed by atoms with Gasteiger partial charge in [-0.25, -0.2) is 19.9 Å². The number of nitrogens with one attached hydrogen (secondary N) is 8. The van der Waals surface area contributed by atoms with E-state index in [-0.39, 0.29) is 97.4 Å². The van der Waals surface area contributed by atoms with Crippen LogP contribution in [-0.2, 0) is 38.4 Å². The first kappa shape index (κ1) is 123. The average molecular weight is 2160 g/mol. The minimum atomic E-state index is -4.77. The summed E-state index contributed by atoms with van der Waals surface area (Å²) in [6.07, 6.45) is -18.3. The summed E-state index contributed by atoms with van der Waals surface area (Å²) in [4.78, 5) is 133. The molecule has 28 nitrogen and oxygen atoms in total. The fourth-order valence-electron chi connectivity index (χ4n) is 18.1.